The summed E-state index contributed by atoms with van der Waals surface area (Å²) >= 11 is 0. The Labute approximate surface area is 267 Å². The molecule has 0 nitrogen and oxygen atoms in total. The molecule has 4 aromatic rings. The van der Waals surface area contributed by atoms with Crippen LogP contribution in [-0.2, 0) is 0 Å². The summed E-state index contributed by atoms with van der Waals surface area (Å²) in [6.45, 7) is 0. The zero-order chi connectivity index (χ0) is 29.4. The minimum absolute atomic E-state index is 0.311. The average Bonchev–Trinajstić information content (AvgIpc) is 3.07. The molecule has 4 atom stereocenters. The Kier molecular flexibility index (Phi) is 14.7. The van der Waals surface area contributed by atoms with E-state index in [9.17, 15) is 0 Å². The molecular formula is C39H50P4. The Morgan fingerprint density at radius 1 is 0.256 bits per heavy atom. The van der Waals surface area contributed by atoms with Gasteiger partial charge in [-0.1, -0.05) is 192 Å². The smallest absolute Gasteiger partial charge is 0.0111 e. The van der Waals surface area contributed by atoms with Crippen molar-refractivity contribution in [2.45, 2.75) is 83.5 Å². The van der Waals surface area contributed by atoms with Gasteiger partial charge in [-0.05, 0) is 76.2 Å². The fourth-order valence-corrected chi connectivity index (χ4v) is 36.0. The van der Waals surface area contributed by atoms with E-state index in [1.165, 1.54) is 95.8 Å². The summed E-state index contributed by atoms with van der Waals surface area (Å²) in [6.07, 6.45) is 21.1. The van der Waals surface area contributed by atoms with Crippen LogP contribution in [0.1, 0.15) is 83.5 Å². The van der Waals surface area contributed by atoms with Crippen LogP contribution >= 0.6 is 29.8 Å². The van der Waals surface area contributed by atoms with Crippen LogP contribution in [0, 0.1) is 0 Å². The Balaban J connectivity index is 1.61. The van der Waals surface area contributed by atoms with Crippen molar-refractivity contribution in [3.63, 3.8) is 0 Å². The first-order valence-corrected chi connectivity index (χ1v) is 24.6. The van der Waals surface area contributed by atoms with E-state index in [-0.39, 0.29) is 29.8 Å². The van der Waals surface area contributed by atoms with E-state index in [1.807, 2.05) is 0 Å². The molecule has 1 saturated heterocycles. The zero-order valence-electron chi connectivity index (χ0n) is 25.9. The van der Waals surface area contributed by atoms with Gasteiger partial charge in [0.1, 0.15) is 0 Å². The summed E-state index contributed by atoms with van der Waals surface area (Å²) < 4.78 is 0. The van der Waals surface area contributed by atoms with Crippen LogP contribution in [0.4, 0.5) is 0 Å². The van der Waals surface area contributed by atoms with Crippen LogP contribution in [0.25, 0.3) is 0 Å². The van der Waals surface area contributed by atoms with Crippen LogP contribution in [0.15, 0.2) is 121 Å². The lowest BCUT2D eigenvalue weighted by Gasteiger charge is -2.40. The molecule has 0 radical (unpaired) electrons. The van der Waals surface area contributed by atoms with Gasteiger partial charge in [0.25, 0.3) is 0 Å². The molecule has 4 unspecified atom stereocenters. The van der Waals surface area contributed by atoms with Crippen LogP contribution in [-0.4, -0.2) is 12.3 Å². The first kappa shape index (κ1) is 33.0. The first-order chi connectivity index (χ1) is 21.4. The first-order valence-electron chi connectivity index (χ1n) is 16.8. The molecule has 1 aliphatic heterocycles. The SMILES string of the molecule is c1ccc(P2CCCCCCCCCCCCCCCP(c3ccccc3)P(c3ccccc3)P2c2ccccc2)cc1. The second kappa shape index (κ2) is 19.2. The lowest BCUT2D eigenvalue weighted by Crippen LogP contribution is -2.14. The highest BCUT2D eigenvalue weighted by atomic mass is 32.7. The van der Waals surface area contributed by atoms with Gasteiger partial charge in [0.2, 0.25) is 0 Å². The highest BCUT2D eigenvalue weighted by Gasteiger charge is 2.37. The summed E-state index contributed by atoms with van der Waals surface area (Å²) in [7, 11) is -1.39. The third-order valence-corrected chi connectivity index (χ3v) is 32.1. The summed E-state index contributed by atoms with van der Waals surface area (Å²) in [5.74, 6) is 0. The molecule has 1 aliphatic rings. The van der Waals surface area contributed by atoms with Crippen molar-refractivity contribution in [1.29, 1.82) is 0 Å². The van der Waals surface area contributed by atoms with Gasteiger partial charge in [-0.15, -0.1) is 0 Å². The van der Waals surface area contributed by atoms with Crippen molar-refractivity contribution in [2.24, 2.45) is 0 Å². The lowest BCUT2D eigenvalue weighted by atomic mass is 10.0. The highest BCUT2D eigenvalue weighted by Crippen LogP contribution is 2.94. The zero-order valence-corrected chi connectivity index (χ0v) is 29.5. The molecule has 5 rings (SSSR count). The lowest BCUT2D eigenvalue weighted by molar-refractivity contribution is 0.543. The average molecular weight is 643 g/mol. The van der Waals surface area contributed by atoms with Gasteiger partial charge in [-0.25, -0.2) is 0 Å². The minimum atomic E-state index is -0.385. The van der Waals surface area contributed by atoms with E-state index in [0.717, 1.165) is 0 Å². The second-order valence-corrected chi connectivity index (χ2v) is 27.1. The molecule has 0 N–H and O–H groups in total. The largest absolute Gasteiger partial charge is 0.0622 e. The van der Waals surface area contributed by atoms with Crippen LogP contribution in [0.2, 0.25) is 0 Å². The van der Waals surface area contributed by atoms with E-state index in [2.05, 4.69) is 121 Å². The van der Waals surface area contributed by atoms with Gasteiger partial charge in [0.05, 0.1) is 0 Å². The van der Waals surface area contributed by atoms with Crippen molar-refractivity contribution < 1.29 is 0 Å². The van der Waals surface area contributed by atoms with Crippen LogP contribution < -0.4 is 21.2 Å². The molecule has 0 aliphatic carbocycles. The molecule has 0 saturated carbocycles. The molecule has 0 aromatic heterocycles. The number of benzene rings is 4. The molecule has 226 valence electrons. The molecule has 1 fully saturated rings. The van der Waals surface area contributed by atoms with Crippen molar-refractivity contribution in [3.05, 3.63) is 121 Å². The molecular weight excluding hydrogens is 592 g/mol. The Hall–Kier alpha value is -1.40. The summed E-state index contributed by atoms with van der Waals surface area (Å²) in [4.78, 5) is 0. The summed E-state index contributed by atoms with van der Waals surface area (Å²) in [6, 6.07) is 47.2. The van der Waals surface area contributed by atoms with Gasteiger partial charge in [0, 0.05) is 0 Å². The minimum Gasteiger partial charge on any atom is -0.0622 e. The normalized spacial score (nSPS) is 23.8. The van der Waals surface area contributed by atoms with E-state index >= 15 is 0 Å². The maximum absolute atomic E-state index is 2.50. The second-order valence-electron chi connectivity index (χ2n) is 11.8. The van der Waals surface area contributed by atoms with Gasteiger partial charge < -0.3 is 0 Å². The van der Waals surface area contributed by atoms with E-state index in [0.29, 0.717) is 0 Å². The Morgan fingerprint density at radius 3 is 0.767 bits per heavy atom. The monoisotopic (exact) mass is 642 g/mol. The number of rotatable bonds is 4. The van der Waals surface area contributed by atoms with Gasteiger partial charge in [-0.3, -0.25) is 0 Å². The predicted octanol–water partition coefficient (Wildman–Crippen LogP) is 12.0. The fraction of sp³-hybridized carbons (Fsp3) is 0.385. The van der Waals surface area contributed by atoms with E-state index in [1.54, 1.807) is 21.2 Å². The van der Waals surface area contributed by atoms with E-state index < -0.39 is 0 Å². The number of hydrogen-bond donors (Lipinski definition) is 0. The van der Waals surface area contributed by atoms with Crippen molar-refractivity contribution >= 4 is 51.0 Å². The topological polar surface area (TPSA) is 0 Å². The van der Waals surface area contributed by atoms with Gasteiger partial charge in [-0.2, -0.15) is 0 Å². The summed E-state index contributed by atoms with van der Waals surface area (Å²) in [5, 5.41) is 6.53. The van der Waals surface area contributed by atoms with Gasteiger partial charge in [0.15, 0.2) is 0 Å². The Morgan fingerprint density at radius 2 is 0.488 bits per heavy atom. The highest BCUT2D eigenvalue weighted by molar-refractivity contribution is 8.81. The molecule has 0 spiro atoms. The third-order valence-electron chi connectivity index (χ3n) is 8.46. The predicted molar refractivity (Wildman–Crippen MR) is 202 cm³/mol. The fourth-order valence-electron chi connectivity index (χ4n) is 6.16. The molecule has 4 aromatic carbocycles. The van der Waals surface area contributed by atoms with Crippen molar-refractivity contribution in [2.75, 3.05) is 12.3 Å². The molecule has 4 heteroatoms. The molecule has 1 heterocycles. The van der Waals surface area contributed by atoms with Crippen molar-refractivity contribution in [3.8, 4) is 0 Å². The summed E-state index contributed by atoms with van der Waals surface area (Å²) in [5.41, 5.74) is 0. The maximum atomic E-state index is 2.50. The third kappa shape index (κ3) is 10.3. The van der Waals surface area contributed by atoms with Crippen LogP contribution in [0.5, 0.6) is 0 Å². The molecule has 0 amide bonds. The maximum Gasteiger partial charge on any atom is -0.0111 e. The van der Waals surface area contributed by atoms with Crippen molar-refractivity contribution in [1.82, 2.24) is 0 Å². The van der Waals surface area contributed by atoms with E-state index in [4.69, 9.17) is 0 Å². The quantitative estimate of drug-likeness (QED) is 0.194. The van der Waals surface area contributed by atoms with Gasteiger partial charge >= 0.3 is 0 Å². The van der Waals surface area contributed by atoms with Crippen LogP contribution in [0.3, 0.4) is 0 Å². The molecule has 0 bridgehead atoms. The number of hydrogen-bond acceptors (Lipinski definition) is 0. The standard InChI is InChI=1S/C39H50P4/c1-2-4-6-8-10-24-34-40(36-26-16-12-17-27-36)42(38-30-20-14-21-31-38)43(39-32-22-15-23-33-39)41(37-28-18-13-19-29-37)35-25-11-9-7-5-3-1/h12-23,26-33H,1-11,24-25,34-35H2. The molecule has 43 heavy (non-hydrogen) atoms. The Bertz CT molecular complexity index is 1160.